The second-order valence-corrected chi connectivity index (χ2v) is 18.9. The SMILES string of the molecule is O=C(c1ccc(Oc2cccc(Cl)c2S(=O)(=O)c2cccc(S(=O)(=O)[O-])c2)cc1)c1ccc(Oc2cccc(Cl)c2S(=O)(=O)c2cccc(S(=O)(=O)[O-])c2)cc1.[Na+].[Na+]. The van der Waals surface area contributed by atoms with E-state index in [1.54, 1.807) is 0 Å². The van der Waals surface area contributed by atoms with Gasteiger partial charge in [0.1, 0.15) is 53.0 Å². The summed E-state index contributed by atoms with van der Waals surface area (Å²) < 4.78 is 135. The van der Waals surface area contributed by atoms with Gasteiger partial charge in [-0.25, -0.2) is 33.7 Å². The van der Waals surface area contributed by atoms with E-state index >= 15 is 0 Å². The zero-order chi connectivity index (χ0) is 40.6. The van der Waals surface area contributed by atoms with Gasteiger partial charge in [-0.1, -0.05) is 47.5 Å². The van der Waals surface area contributed by atoms with Crippen LogP contribution in [0.15, 0.2) is 163 Å². The van der Waals surface area contributed by atoms with Crippen LogP contribution in [0.2, 0.25) is 10.0 Å². The maximum absolute atomic E-state index is 13.6. The van der Waals surface area contributed by atoms with Gasteiger partial charge < -0.3 is 18.6 Å². The Morgan fingerprint density at radius 3 is 1.09 bits per heavy atom. The van der Waals surface area contributed by atoms with E-state index in [1.165, 1.54) is 84.9 Å². The summed E-state index contributed by atoms with van der Waals surface area (Å²) in [5.41, 5.74) is 0.400. The minimum absolute atomic E-state index is 0. The standard InChI is InChI=1S/C37H24Cl2O13S4.2Na/c38-31-9-3-11-33(36(31)53(41,42)27-5-1-7-29(21-27)55(45,46)47)51-25-17-13-23(14-18-25)35(40)24-15-19-26(20-16-24)52-34-12-4-10-32(39)37(34)54(43,44)28-6-2-8-30(22-28)56(48,49)50;;/h1-22H,(H,45,46,47)(H,48,49,50);;/q;2*+1/p-2. The number of hydrogen-bond acceptors (Lipinski definition) is 13. The maximum atomic E-state index is 13.6. The second-order valence-electron chi connectivity index (χ2n) is 11.6. The third-order valence-electron chi connectivity index (χ3n) is 7.90. The van der Waals surface area contributed by atoms with E-state index in [0.717, 1.165) is 48.5 Å². The summed E-state index contributed by atoms with van der Waals surface area (Å²) in [7, 11) is -18.9. The summed E-state index contributed by atoms with van der Waals surface area (Å²) >= 11 is 12.6. The molecule has 0 heterocycles. The number of ketones is 1. The molecule has 0 saturated heterocycles. The molecule has 0 unspecified atom stereocenters. The molecule has 0 radical (unpaired) electrons. The number of rotatable bonds is 12. The first-order valence-corrected chi connectivity index (χ1v) is 22.1. The molecule has 58 heavy (non-hydrogen) atoms. The van der Waals surface area contributed by atoms with Crippen LogP contribution in [0.1, 0.15) is 15.9 Å². The number of sulfone groups is 2. The Morgan fingerprint density at radius 1 is 0.448 bits per heavy atom. The molecule has 0 aromatic heterocycles. The Bertz CT molecular complexity index is 2780. The van der Waals surface area contributed by atoms with Crippen molar-refractivity contribution in [1.82, 2.24) is 0 Å². The van der Waals surface area contributed by atoms with Crippen LogP contribution in [0.4, 0.5) is 0 Å². The molecule has 288 valence electrons. The quantitative estimate of drug-likeness (QED) is 0.0962. The third kappa shape index (κ3) is 10.4. The van der Waals surface area contributed by atoms with Gasteiger partial charge in [-0.05, 0) is 109 Å². The zero-order valence-corrected chi connectivity index (χ0v) is 38.7. The van der Waals surface area contributed by atoms with Crippen LogP contribution in [0.3, 0.4) is 0 Å². The van der Waals surface area contributed by atoms with Crippen LogP contribution in [0, 0.1) is 0 Å². The Balaban J connectivity index is 0.00000372. The second kappa shape index (κ2) is 18.7. The Hall–Kier alpha value is -3.11. The van der Waals surface area contributed by atoms with E-state index in [-0.39, 0.29) is 103 Å². The minimum Gasteiger partial charge on any atom is -0.744 e. The molecule has 6 aromatic carbocycles. The van der Waals surface area contributed by atoms with Gasteiger partial charge in [-0.3, -0.25) is 4.79 Å². The molecule has 0 saturated carbocycles. The van der Waals surface area contributed by atoms with Crippen LogP contribution < -0.4 is 68.6 Å². The minimum atomic E-state index is -4.96. The molecular weight excluding hydrogens is 898 g/mol. The van der Waals surface area contributed by atoms with Crippen molar-refractivity contribution in [3.05, 3.63) is 155 Å². The van der Waals surface area contributed by atoms with E-state index in [9.17, 15) is 47.6 Å². The Morgan fingerprint density at radius 2 is 0.759 bits per heavy atom. The van der Waals surface area contributed by atoms with Gasteiger partial charge in [0.25, 0.3) is 0 Å². The van der Waals surface area contributed by atoms with Gasteiger partial charge in [-0.2, -0.15) is 0 Å². The van der Waals surface area contributed by atoms with Crippen molar-refractivity contribution in [1.29, 1.82) is 0 Å². The van der Waals surface area contributed by atoms with Gasteiger partial charge in [-0.15, -0.1) is 0 Å². The Kier molecular flexibility index (Phi) is 15.3. The first-order chi connectivity index (χ1) is 26.3. The monoisotopic (exact) mass is 918 g/mol. The van der Waals surface area contributed by atoms with Crippen LogP contribution in [0.25, 0.3) is 0 Å². The van der Waals surface area contributed by atoms with Crippen molar-refractivity contribution in [2.75, 3.05) is 0 Å². The van der Waals surface area contributed by atoms with E-state index in [2.05, 4.69) is 0 Å². The summed E-state index contributed by atoms with van der Waals surface area (Å²) in [6.07, 6.45) is 0. The molecule has 6 aromatic rings. The van der Waals surface area contributed by atoms with Crippen molar-refractivity contribution < 1.29 is 116 Å². The van der Waals surface area contributed by atoms with Crippen LogP contribution >= 0.6 is 23.2 Å². The summed E-state index contributed by atoms with van der Waals surface area (Å²) in [5, 5.41) is -0.484. The zero-order valence-electron chi connectivity index (χ0n) is 29.9. The van der Waals surface area contributed by atoms with E-state index in [1.807, 2.05) is 0 Å². The van der Waals surface area contributed by atoms with Gasteiger partial charge in [0, 0.05) is 11.1 Å². The first kappa shape index (κ1) is 47.6. The largest absolute Gasteiger partial charge is 1.00 e. The van der Waals surface area contributed by atoms with Crippen LogP contribution in [-0.4, -0.2) is 48.6 Å². The fraction of sp³-hybridized carbons (Fsp3) is 0. The summed E-state index contributed by atoms with van der Waals surface area (Å²) in [5.74, 6) is -0.673. The average molecular weight is 920 g/mol. The first-order valence-electron chi connectivity index (χ1n) is 15.6. The van der Waals surface area contributed by atoms with E-state index in [0.29, 0.717) is 0 Å². The normalized spacial score (nSPS) is 11.8. The summed E-state index contributed by atoms with van der Waals surface area (Å²) in [6.45, 7) is 0. The van der Waals surface area contributed by atoms with Crippen molar-refractivity contribution in [2.45, 2.75) is 29.4 Å². The predicted octanol–water partition coefficient (Wildman–Crippen LogP) is 1.29. The van der Waals surface area contributed by atoms with Crippen LogP contribution in [0.5, 0.6) is 23.0 Å². The molecule has 13 nitrogen and oxygen atoms in total. The topological polar surface area (TPSA) is 218 Å². The molecule has 0 aliphatic carbocycles. The van der Waals surface area contributed by atoms with Crippen molar-refractivity contribution in [2.24, 2.45) is 0 Å². The van der Waals surface area contributed by atoms with Crippen molar-refractivity contribution >= 4 is 68.9 Å². The van der Waals surface area contributed by atoms with Crippen molar-refractivity contribution in [3.8, 4) is 23.0 Å². The summed E-state index contributed by atoms with van der Waals surface area (Å²) in [6, 6.07) is 27.1. The molecule has 0 N–H and O–H groups in total. The van der Waals surface area contributed by atoms with Gasteiger partial charge in [0.2, 0.25) is 19.7 Å². The molecule has 21 heteroatoms. The van der Waals surface area contributed by atoms with Crippen LogP contribution in [-0.2, 0) is 39.9 Å². The van der Waals surface area contributed by atoms with Gasteiger partial charge in [0.05, 0.1) is 29.6 Å². The van der Waals surface area contributed by atoms with Gasteiger partial charge in [0.15, 0.2) is 5.78 Å². The van der Waals surface area contributed by atoms with Gasteiger partial charge >= 0.3 is 59.1 Å². The fourth-order valence-corrected chi connectivity index (χ4v) is 10.3. The molecule has 0 bridgehead atoms. The third-order valence-corrected chi connectivity index (χ3v) is 14.1. The number of ether oxygens (including phenoxy) is 2. The smallest absolute Gasteiger partial charge is 0.744 e. The maximum Gasteiger partial charge on any atom is 1.00 e. The Labute approximate surface area is 387 Å². The average Bonchev–Trinajstić information content (AvgIpc) is 3.14. The number of carbonyl (C=O) groups excluding carboxylic acids is 1. The fourth-order valence-electron chi connectivity index (χ4n) is 5.26. The number of benzene rings is 6. The van der Waals surface area contributed by atoms with E-state index in [4.69, 9.17) is 32.7 Å². The number of halogens is 2. The molecule has 0 spiro atoms. The summed E-state index contributed by atoms with van der Waals surface area (Å²) in [4.78, 5) is 9.85. The number of carbonyl (C=O) groups is 1. The molecule has 0 amide bonds. The van der Waals surface area contributed by atoms with Crippen molar-refractivity contribution in [3.63, 3.8) is 0 Å². The molecule has 0 aliphatic heterocycles. The number of hydrogen-bond donors (Lipinski definition) is 0. The van der Waals surface area contributed by atoms with E-state index < -0.39 is 75.1 Å². The molecule has 0 aliphatic rings. The predicted molar refractivity (Wildman–Crippen MR) is 199 cm³/mol. The molecule has 6 rings (SSSR count). The molecule has 0 atom stereocenters. The molecule has 0 fully saturated rings. The molecular formula is C37H22Cl2Na2O13S4.